The summed E-state index contributed by atoms with van der Waals surface area (Å²) in [7, 11) is -3.59. The first-order chi connectivity index (χ1) is 8.80. The van der Waals surface area contributed by atoms with Crippen LogP contribution in [0.4, 0.5) is 5.69 Å². The minimum absolute atomic E-state index is 0.0385. The van der Waals surface area contributed by atoms with Crippen LogP contribution in [-0.2, 0) is 19.3 Å². The Morgan fingerprint density at radius 2 is 1.95 bits per heavy atom. The highest BCUT2D eigenvalue weighted by atomic mass is 35.5. The van der Waals surface area contributed by atoms with Gasteiger partial charge in [-0.3, -0.25) is 10.1 Å². The smallest absolute Gasteiger partial charge is 0.280 e. The van der Waals surface area contributed by atoms with E-state index in [1.807, 2.05) is 0 Å². The molecule has 0 aromatic heterocycles. The van der Waals surface area contributed by atoms with E-state index < -0.39 is 26.7 Å². The molecule has 0 saturated carbocycles. The fourth-order valence-electron chi connectivity index (χ4n) is 1.70. The van der Waals surface area contributed by atoms with Crippen molar-refractivity contribution < 1.29 is 22.8 Å². The van der Waals surface area contributed by atoms with Gasteiger partial charge in [-0.2, -0.15) is 0 Å². The molecule has 2 rings (SSSR count). The highest BCUT2D eigenvalue weighted by molar-refractivity contribution is 7.90. The number of sulfone groups is 1. The lowest BCUT2D eigenvalue weighted by atomic mass is 10.1. The van der Waals surface area contributed by atoms with E-state index in [1.165, 1.54) is 0 Å². The second-order valence-corrected chi connectivity index (χ2v) is 6.36. The molecule has 7 nitrogen and oxygen atoms in total. The van der Waals surface area contributed by atoms with E-state index in [0.29, 0.717) is 13.2 Å². The molecule has 1 saturated heterocycles. The van der Waals surface area contributed by atoms with E-state index in [9.17, 15) is 18.5 Å². The zero-order valence-corrected chi connectivity index (χ0v) is 11.4. The van der Waals surface area contributed by atoms with Gasteiger partial charge in [-0.1, -0.05) is 11.6 Å². The molecule has 1 aromatic carbocycles. The molecule has 0 N–H and O–H groups in total. The summed E-state index contributed by atoms with van der Waals surface area (Å²) in [6.07, 6.45) is 0.00599. The van der Waals surface area contributed by atoms with Gasteiger partial charge in [0.2, 0.25) is 0 Å². The lowest BCUT2D eigenvalue weighted by Crippen LogP contribution is -2.07. The third-order valence-electron chi connectivity index (χ3n) is 2.56. The molecular formula is C10H10ClNO6S. The Hall–Kier alpha value is -1.22. The topological polar surface area (TPSA) is 95.7 Å². The van der Waals surface area contributed by atoms with Crippen LogP contribution in [0.25, 0.3) is 0 Å². The summed E-state index contributed by atoms with van der Waals surface area (Å²) in [5.41, 5.74) is -0.392. The van der Waals surface area contributed by atoms with Crippen molar-refractivity contribution in [3.05, 3.63) is 32.8 Å². The highest BCUT2D eigenvalue weighted by Crippen LogP contribution is 2.38. The van der Waals surface area contributed by atoms with Crippen molar-refractivity contribution >= 4 is 27.1 Å². The van der Waals surface area contributed by atoms with Gasteiger partial charge in [-0.15, -0.1) is 0 Å². The number of nitro benzene ring substituents is 1. The maximum Gasteiger partial charge on any atom is 0.280 e. The first-order valence-electron chi connectivity index (χ1n) is 5.22. The Kier molecular flexibility index (Phi) is 3.77. The third-order valence-corrected chi connectivity index (χ3v) is 3.97. The van der Waals surface area contributed by atoms with Crippen LogP contribution in [0.3, 0.4) is 0 Å². The van der Waals surface area contributed by atoms with Crippen LogP contribution >= 0.6 is 11.6 Å². The van der Waals surface area contributed by atoms with Crippen LogP contribution in [0, 0.1) is 10.1 Å². The lowest BCUT2D eigenvalue weighted by Gasteiger charge is -2.12. The summed E-state index contributed by atoms with van der Waals surface area (Å²) < 4.78 is 33.2. The second kappa shape index (κ2) is 5.04. The number of benzene rings is 1. The molecule has 0 unspecified atom stereocenters. The standard InChI is InChI=1S/C10H10ClNO6S/c1-19(15,16)6-4-7(11)9(8(5-6)12(13)14)10-17-2-3-18-10/h4-5,10H,2-3H2,1H3. The Balaban J connectivity index is 2.63. The molecule has 0 spiro atoms. The largest absolute Gasteiger partial charge is 0.346 e. The molecule has 1 heterocycles. The van der Waals surface area contributed by atoms with Crippen molar-refractivity contribution in [3.8, 4) is 0 Å². The molecule has 0 radical (unpaired) electrons. The van der Waals surface area contributed by atoms with Gasteiger partial charge in [-0.25, -0.2) is 8.42 Å². The van der Waals surface area contributed by atoms with E-state index >= 15 is 0 Å². The van der Waals surface area contributed by atoms with Crippen LogP contribution in [0.15, 0.2) is 17.0 Å². The molecule has 1 aliphatic heterocycles. The molecule has 1 aliphatic rings. The van der Waals surface area contributed by atoms with Crippen molar-refractivity contribution in [2.24, 2.45) is 0 Å². The average Bonchev–Trinajstić information content (AvgIpc) is 2.79. The third kappa shape index (κ3) is 2.86. The van der Waals surface area contributed by atoms with Crippen molar-refractivity contribution in [2.45, 2.75) is 11.2 Å². The molecule has 0 atom stereocenters. The number of hydrogen-bond acceptors (Lipinski definition) is 6. The van der Waals surface area contributed by atoms with Gasteiger partial charge in [0.15, 0.2) is 16.1 Å². The lowest BCUT2D eigenvalue weighted by molar-refractivity contribution is -0.387. The predicted molar refractivity (Wildman–Crippen MR) is 65.9 cm³/mol. The Morgan fingerprint density at radius 1 is 1.37 bits per heavy atom. The number of rotatable bonds is 3. The summed E-state index contributed by atoms with van der Waals surface area (Å²) in [6.45, 7) is 0.595. The van der Waals surface area contributed by atoms with E-state index in [4.69, 9.17) is 21.1 Å². The van der Waals surface area contributed by atoms with Gasteiger partial charge in [0.1, 0.15) is 5.56 Å². The fraction of sp³-hybridized carbons (Fsp3) is 0.400. The number of halogens is 1. The number of nitrogens with zero attached hydrogens (tertiary/aromatic N) is 1. The Labute approximate surface area is 114 Å². The second-order valence-electron chi connectivity index (χ2n) is 3.94. The normalized spacial score (nSPS) is 16.7. The zero-order chi connectivity index (χ0) is 14.2. The SMILES string of the molecule is CS(=O)(=O)c1cc(Cl)c(C2OCCO2)c([N+](=O)[O-])c1. The molecule has 9 heteroatoms. The van der Waals surface area contributed by atoms with E-state index in [-0.39, 0.29) is 15.5 Å². The maximum absolute atomic E-state index is 11.4. The molecule has 19 heavy (non-hydrogen) atoms. The summed E-state index contributed by atoms with van der Waals surface area (Å²) >= 11 is 5.94. The van der Waals surface area contributed by atoms with Crippen molar-refractivity contribution in [2.75, 3.05) is 19.5 Å². The number of nitro groups is 1. The van der Waals surface area contributed by atoms with Crippen molar-refractivity contribution in [1.82, 2.24) is 0 Å². The van der Waals surface area contributed by atoms with Crippen LogP contribution < -0.4 is 0 Å². The van der Waals surface area contributed by atoms with Gasteiger partial charge in [-0.05, 0) is 6.07 Å². The molecule has 1 aromatic rings. The van der Waals surface area contributed by atoms with Gasteiger partial charge in [0, 0.05) is 12.3 Å². The highest BCUT2D eigenvalue weighted by Gasteiger charge is 2.31. The van der Waals surface area contributed by atoms with Gasteiger partial charge in [0.05, 0.1) is 28.1 Å². The minimum atomic E-state index is -3.59. The monoisotopic (exact) mass is 307 g/mol. The maximum atomic E-state index is 11.4. The Morgan fingerprint density at radius 3 is 2.42 bits per heavy atom. The molecule has 0 aliphatic carbocycles. The zero-order valence-electron chi connectivity index (χ0n) is 9.83. The molecule has 0 bridgehead atoms. The molecule has 0 amide bonds. The van der Waals surface area contributed by atoms with Crippen LogP contribution in [0.2, 0.25) is 5.02 Å². The first kappa shape index (κ1) is 14.2. The summed E-state index contributed by atoms with van der Waals surface area (Å²) in [5.74, 6) is 0. The summed E-state index contributed by atoms with van der Waals surface area (Å²) in [6, 6.07) is 2.12. The average molecular weight is 308 g/mol. The van der Waals surface area contributed by atoms with E-state index in [1.54, 1.807) is 0 Å². The minimum Gasteiger partial charge on any atom is -0.346 e. The van der Waals surface area contributed by atoms with Crippen molar-refractivity contribution in [3.63, 3.8) is 0 Å². The van der Waals surface area contributed by atoms with Gasteiger partial charge < -0.3 is 9.47 Å². The molecular weight excluding hydrogens is 298 g/mol. The van der Waals surface area contributed by atoms with Crippen LogP contribution in [0.1, 0.15) is 11.9 Å². The van der Waals surface area contributed by atoms with E-state index in [2.05, 4.69) is 0 Å². The molecule has 104 valence electrons. The number of ether oxygens (including phenoxy) is 2. The van der Waals surface area contributed by atoms with Crippen LogP contribution in [-0.4, -0.2) is 32.8 Å². The summed E-state index contributed by atoms with van der Waals surface area (Å²) in [5, 5.41) is 11.0. The number of hydrogen-bond donors (Lipinski definition) is 0. The fourth-order valence-corrected chi connectivity index (χ4v) is 2.73. The van der Waals surface area contributed by atoms with Gasteiger partial charge in [0.25, 0.3) is 5.69 Å². The predicted octanol–water partition coefficient (Wildman–Crippen LogP) is 1.70. The van der Waals surface area contributed by atoms with E-state index in [0.717, 1.165) is 18.4 Å². The Bertz CT molecular complexity index is 623. The quantitative estimate of drug-likeness (QED) is 0.623. The summed E-state index contributed by atoms with van der Waals surface area (Å²) in [4.78, 5) is 10.1. The van der Waals surface area contributed by atoms with Gasteiger partial charge >= 0.3 is 0 Å². The van der Waals surface area contributed by atoms with Crippen LogP contribution in [0.5, 0.6) is 0 Å². The molecule has 1 fully saturated rings. The van der Waals surface area contributed by atoms with Crippen molar-refractivity contribution in [1.29, 1.82) is 0 Å². The first-order valence-corrected chi connectivity index (χ1v) is 7.48.